The van der Waals surface area contributed by atoms with E-state index in [0.717, 1.165) is 0 Å². The van der Waals surface area contributed by atoms with Gasteiger partial charge >= 0.3 is 137 Å². The van der Waals surface area contributed by atoms with Gasteiger partial charge in [-0.25, -0.2) is 0 Å². The van der Waals surface area contributed by atoms with Gasteiger partial charge in [0.05, 0.1) is 0 Å². The first-order valence-corrected chi connectivity index (χ1v) is 9.60. The van der Waals surface area contributed by atoms with Gasteiger partial charge in [-0.05, 0) is 0 Å². The second kappa shape index (κ2) is 8.11. The van der Waals surface area contributed by atoms with Crippen molar-refractivity contribution in [3.05, 3.63) is 84.9 Å². The molecule has 0 saturated carbocycles. The van der Waals surface area contributed by atoms with E-state index < -0.39 is 23.2 Å². The first-order chi connectivity index (χ1) is 10.4. The van der Waals surface area contributed by atoms with E-state index in [4.69, 9.17) is 0 Å². The van der Waals surface area contributed by atoms with E-state index in [1.807, 2.05) is 0 Å². The van der Waals surface area contributed by atoms with Crippen LogP contribution in [0.1, 0.15) is 0 Å². The van der Waals surface area contributed by atoms with Crippen LogP contribution in [0, 0.1) is 0 Å². The third-order valence-corrected chi connectivity index (χ3v) is 7.32. The second-order valence-electron chi connectivity index (χ2n) is 5.18. The Balaban J connectivity index is 0.000000960. The van der Waals surface area contributed by atoms with Crippen LogP contribution in [-0.4, -0.2) is 0 Å². The van der Waals surface area contributed by atoms with E-state index in [1.54, 1.807) is 6.54 Å². The van der Waals surface area contributed by atoms with E-state index >= 15 is 0 Å². The van der Waals surface area contributed by atoms with Crippen molar-refractivity contribution in [1.29, 1.82) is 0 Å². The summed E-state index contributed by atoms with van der Waals surface area (Å²) in [7, 11) is 0. The SMILES string of the molecule is [Cl-].[Cl-].c1ccc2cc[c]([Zr+2][c]3ccc4cccccc3-4)c-2cc1. The van der Waals surface area contributed by atoms with Crippen LogP contribution in [0.2, 0.25) is 0 Å². The summed E-state index contributed by atoms with van der Waals surface area (Å²) in [5.74, 6) is 0. The standard InChI is InChI=1S/2C10H7.2ClH.Zr/c2*1-2-5-9-7-4-8-10(9)6-3-1;;;/h2*1-7H;2*1H;/q;;;;+2/p-2. The Morgan fingerprint density at radius 3 is 1.35 bits per heavy atom. The molecule has 0 heterocycles. The van der Waals surface area contributed by atoms with E-state index in [2.05, 4.69) is 84.9 Å². The Morgan fingerprint density at radius 2 is 0.870 bits per heavy atom. The zero-order chi connectivity index (χ0) is 14.1. The zero-order valence-corrected chi connectivity index (χ0v) is 16.3. The molecule has 0 aliphatic heterocycles. The molecular formula is C20H14Cl2Zr. The summed E-state index contributed by atoms with van der Waals surface area (Å²) in [4.78, 5) is 0. The van der Waals surface area contributed by atoms with Crippen molar-refractivity contribution in [2.45, 2.75) is 0 Å². The molecule has 0 fully saturated rings. The number of halogens is 2. The Kier molecular flexibility index (Phi) is 6.42. The average molecular weight is 416 g/mol. The van der Waals surface area contributed by atoms with Crippen LogP contribution in [0.4, 0.5) is 0 Å². The van der Waals surface area contributed by atoms with Gasteiger partial charge in [-0.1, -0.05) is 0 Å². The van der Waals surface area contributed by atoms with Gasteiger partial charge in [-0.3, -0.25) is 0 Å². The molecule has 4 aliphatic rings. The molecule has 23 heavy (non-hydrogen) atoms. The van der Waals surface area contributed by atoms with Crippen molar-refractivity contribution in [3.8, 4) is 22.3 Å². The molecular weight excluding hydrogens is 402 g/mol. The molecule has 0 aromatic rings. The van der Waals surface area contributed by atoms with Crippen LogP contribution in [0.25, 0.3) is 22.3 Å². The fraction of sp³-hybridized carbons (Fsp3) is 0. The maximum absolute atomic E-state index is 2.33. The van der Waals surface area contributed by atoms with Crippen molar-refractivity contribution < 1.29 is 48.0 Å². The van der Waals surface area contributed by atoms with Crippen LogP contribution in [0.15, 0.2) is 84.9 Å². The summed E-state index contributed by atoms with van der Waals surface area (Å²) in [5.41, 5.74) is 5.58. The minimum atomic E-state index is -0.774. The fourth-order valence-electron chi connectivity index (χ4n) is 2.79. The topological polar surface area (TPSA) is 0 Å². The molecule has 0 nitrogen and oxygen atoms in total. The van der Waals surface area contributed by atoms with Crippen molar-refractivity contribution >= 4 is 6.54 Å². The van der Waals surface area contributed by atoms with Crippen molar-refractivity contribution in [2.24, 2.45) is 0 Å². The van der Waals surface area contributed by atoms with Gasteiger partial charge < -0.3 is 24.8 Å². The number of rotatable bonds is 2. The van der Waals surface area contributed by atoms with Crippen molar-refractivity contribution in [1.82, 2.24) is 0 Å². The van der Waals surface area contributed by atoms with Gasteiger partial charge in [0.25, 0.3) is 0 Å². The van der Waals surface area contributed by atoms with Gasteiger partial charge in [-0.2, -0.15) is 0 Å². The molecule has 0 atom stereocenters. The predicted molar refractivity (Wildman–Crippen MR) is 85.4 cm³/mol. The first-order valence-electron chi connectivity index (χ1n) is 7.14. The summed E-state index contributed by atoms with van der Waals surface area (Å²) in [6.07, 6.45) is 0. The van der Waals surface area contributed by atoms with E-state index in [9.17, 15) is 0 Å². The summed E-state index contributed by atoms with van der Waals surface area (Å²) in [5, 5.41) is 0. The average Bonchev–Trinajstić information content (AvgIpc) is 2.85. The summed E-state index contributed by atoms with van der Waals surface area (Å²) >= 11 is -0.774. The molecule has 112 valence electrons. The molecule has 0 amide bonds. The first kappa shape index (κ1) is 18.2. The number of fused-ring (bicyclic) bond motifs is 2. The Morgan fingerprint density at radius 1 is 0.435 bits per heavy atom. The minimum absolute atomic E-state index is 0. The van der Waals surface area contributed by atoms with Gasteiger partial charge in [0.2, 0.25) is 0 Å². The zero-order valence-electron chi connectivity index (χ0n) is 12.3. The van der Waals surface area contributed by atoms with Crippen LogP contribution in [-0.2, 0) is 23.2 Å². The summed E-state index contributed by atoms with van der Waals surface area (Å²) in [6, 6.07) is 30.9. The second-order valence-corrected chi connectivity index (χ2v) is 8.44. The quantitative estimate of drug-likeness (QED) is 0.353. The third-order valence-electron chi connectivity index (χ3n) is 3.85. The molecule has 0 aromatic carbocycles. The molecule has 3 heteroatoms. The van der Waals surface area contributed by atoms with Crippen molar-refractivity contribution in [2.75, 3.05) is 0 Å². The van der Waals surface area contributed by atoms with Crippen LogP contribution >= 0.6 is 0 Å². The predicted octanol–water partition coefficient (Wildman–Crippen LogP) is -2.06. The van der Waals surface area contributed by atoms with Gasteiger partial charge in [0.15, 0.2) is 0 Å². The molecule has 0 bridgehead atoms. The van der Waals surface area contributed by atoms with Gasteiger partial charge in [0.1, 0.15) is 0 Å². The van der Waals surface area contributed by atoms with E-state index in [-0.39, 0.29) is 24.8 Å². The molecule has 0 radical (unpaired) electrons. The molecule has 4 aliphatic carbocycles. The molecule has 0 aromatic heterocycles. The summed E-state index contributed by atoms with van der Waals surface area (Å²) < 4.78 is 3.15. The third kappa shape index (κ3) is 3.69. The molecule has 0 unspecified atom stereocenters. The number of hydrogen-bond acceptors (Lipinski definition) is 0. The van der Waals surface area contributed by atoms with Gasteiger partial charge in [-0.15, -0.1) is 0 Å². The molecule has 0 spiro atoms. The van der Waals surface area contributed by atoms with E-state index in [1.165, 1.54) is 22.3 Å². The van der Waals surface area contributed by atoms with E-state index in [0.29, 0.717) is 0 Å². The van der Waals surface area contributed by atoms with Crippen LogP contribution in [0.3, 0.4) is 0 Å². The Labute approximate surface area is 161 Å². The fourth-order valence-corrected chi connectivity index (χ4v) is 6.11. The Bertz CT molecular complexity index is 773. The van der Waals surface area contributed by atoms with Gasteiger partial charge in [0, 0.05) is 0 Å². The Hall–Kier alpha value is -1.14. The van der Waals surface area contributed by atoms with Crippen LogP contribution < -0.4 is 31.4 Å². The summed E-state index contributed by atoms with van der Waals surface area (Å²) in [6.45, 7) is 0. The normalized spacial score (nSPS) is 9.74. The number of hydrogen-bond donors (Lipinski definition) is 0. The molecule has 4 rings (SSSR count). The monoisotopic (exact) mass is 414 g/mol. The van der Waals surface area contributed by atoms with Crippen LogP contribution in [0.5, 0.6) is 0 Å². The maximum atomic E-state index is 2.33. The molecule has 0 N–H and O–H groups in total. The van der Waals surface area contributed by atoms with Crippen molar-refractivity contribution in [3.63, 3.8) is 0 Å². The molecule has 0 saturated heterocycles.